The lowest BCUT2D eigenvalue weighted by Gasteiger charge is -2.32. The first-order valence-electron chi connectivity index (χ1n) is 8.02. The molecule has 0 aromatic heterocycles. The predicted octanol–water partition coefficient (Wildman–Crippen LogP) is 6.23. The molecule has 23 heavy (non-hydrogen) atoms. The molecule has 0 aliphatic rings. The quantitative estimate of drug-likeness (QED) is 0.502. The maximum absolute atomic E-state index is 13.7. The van der Waals surface area contributed by atoms with E-state index in [4.69, 9.17) is 4.52 Å². The van der Waals surface area contributed by atoms with Gasteiger partial charge >= 0.3 is 6.72 Å². The Morgan fingerprint density at radius 3 is 2.13 bits per heavy atom. The van der Waals surface area contributed by atoms with Gasteiger partial charge in [0.2, 0.25) is 0 Å². The molecule has 0 amide bonds. The highest BCUT2D eigenvalue weighted by Crippen LogP contribution is 2.66. The molecule has 5 heteroatoms. The van der Waals surface area contributed by atoms with Crippen LogP contribution in [-0.4, -0.2) is 13.2 Å². The molecule has 0 fully saturated rings. The Morgan fingerprint density at radius 2 is 1.57 bits per heavy atom. The second-order valence-corrected chi connectivity index (χ2v) is 9.43. The first-order valence-corrected chi connectivity index (χ1v) is 11.0. The van der Waals surface area contributed by atoms with Crippen LogP contribution in [0.4, 0.5) is 5.69 Å². The van der Waals surface area contributed by atoms with Crippen LogP contribution in [-0.2, 0) is 9.09 Å². The van der Waals surface area contributed by atoms with Crippen molar-refractivity contribution < 1.29 is 9.09 Å². The summed E-state index contributed by atoms with van der Waals surface area (Å²) in [5, 5.41) is 0. The highest BCUT2D eigenvalue weighted by atomic mass is 32.7. The molecule has 2 aromatic carbocycles. The average Bonchev–Trinajstić information content (AvgIpc) is 2.59. The van der Waals surface area contributed by atoms with Crippen LogP contribution in [0, 0.1) is 0 Å². The fourth-order valence-corrected chi connectivity index (χ4v) is 6.65. The van der Waals surface area contributed by atoms with E-state index in [0.717, 1.165) is 23.4 Å². The van der Waals surface area contributed by atoms with E-state index >= 15 is 0 Å². The lowest BCUT2D eigenvalue weighted by atomic mass is 10.3. The zero-order chi connectivity index (χ0) is 16.5. The SMILES string of the molecule is CCCOP(=O)(Sc1ccccc1)N(CCC)c1ccccc1. The summed E-state index contributed by atoms with van der Waals surface area (Å²) in [6, 6.07) is 19.7. The number of anilines is 1. The summed E-state index contributed by atoms with van der Waals surface area (Å²) in [7, 11) is 0. The van der Waals surface area contributed by atoms with Crippen molar-refractivity contribution in [2.45, 2.75) is 31.6 Å². The Labute approximate surface area is 143 Å². The maximum atomic E-state index is 13.7. The van der Waals surface area contributed by atoms with Gasteiger partial charge in [-0.1, -0.05) is 50.2 Å². The van der Waals surface area contributed by atoms with Crippen LogP contribution in [0.2, 0.25) is 0 Å². The average molecular weight is 349 g/mol. The zero-order valence-corrected chi connectivity index (χ0v) is 15.4. The van der Waals surface area contributed by atoms with Gasteiger partial charge in [0, 0.05) is 17.1 Å². The number of nitrogens with zero attached hydrogens (tertiary/aromatic N) is 1. The normalized spacial score (nSPS) is 13.5. The second-order valence-electron chi connectivity index (χ2n) is 5.16. The predicted molar refractivity (Wildman–Crippen MR) is 100 cm³/mol. The van der Waals surface area contributed by atoms with Crippen LogP contribution in [0.3, 0.4) is 0 Å². The lowest BCUT2D eigenvalue weighted by molar-refractivity contribution is 0.322. The summed E-state index contributed by atoms with van der Waals surface area (Å²) in [5.41, 5.74) is 0.942. The number of hydrogen-bond acceptors (Lipinski definition) is 3. The van der Waals surface area contributed by atoms with Crippen molar-refractivity contribution in [1.29, 1.82) is 0 Å². The molecule has 0 saturated carbocycles. The minimum absolute atomic E-state index is 0.490. The first-order chi connectivity index (χ1) is 11.2. The fraction of sp³-hybridized carbons (Fsp3) is 0.333. The van der Waals surface area contributed by atoms with Gasteiger partial charge in [-0.25, -0.2) is 0 Å². The molecular formula is C18H24NO2PS. The van der Waals surface area contributed by atoms with Gasteiger partial charge in [0.15, 0.2) is 0 Å². The van der Waals surface area contributed by atoms with E-state index < -0.39 is 6.72 Å². The van der Waals surface area contributed by atoms with E-state index in [0.29, 0.717) is 13.2 Å². The molecule has 1 atom stereocenters. The molecule has 124 valence electrons. The number of benzene rings is 2. The van der Waals surface area contributed by atoms with Gasteiger partial charge in [0.05, 0.1) is 6.61 Å². The van der Waals surface area contributed by atoms with E-state index in [1.54, 1.807) is 0 Å². The molecule has 0 spiro atoms. The van der Waals surface area contributed by atoms with Crippen molar-refractivity contribution in [3.63, 3.8) is 0 Å². The molecule has 0 saturated heterocycles. The van der Waals surface area contributed by atoms with E-state index in [1.807, 2.05) is 72.3 Å². The maximum Gasteiger partial charge on any atom is 0.358 e. The Kier molecular flexibility index (Phi) is 7.22. The van der Waals surface area contributed by atoms with Gasteiger partial charge in [0.1, 0.15) is 0 Å². The van der Waals surface area contributed by atoms with Gasteiger partial charge in [-0.05, 0) is 48.5 Å². The van der Waals surface area contributed by atoms with Gasteiger partial charge in [-0.15, -0.1) is 0 Å². The van der Waals surface area contributed by atoms with Crippen LogP contribution in [0.25, 0.3) is 0 Å². The van der Waals surface area contributed by atoms with Crippen molar-refractivity contribution in [3.05, 3.63) is 60.7 Å². The summed E-state index contributed by atoms with van der Waals surface area (Å²) >= 11 is 1.33. The number of rotatable bonds is 9. The molecule has 2 aromatic rings. The van der Waals surface area contributed by atoms with Gasteiger partial charge in [-0.3, -0.25) is 9.24 Å². The number of para-hydroxylation sites is 1. The largest absolute Gasteiger partial charge is 0.358 e. The van der Waals surface area contributed by atoms with Crippen molar-refractivity contribution in [2.24, 2.45) is 0 Å². The van der Waals surface area contributed by atoms with E-state index in [2.05, 4.69) is 6.92 Å². The van der Waals surface area contributed by atoms with Crippen LogP contribution < -0.4 is 4.67 Å². The fourth-order valence-electron chi connectivity index (χ4n) is 2.17. The third-order valence-corrected chi connectivity index (χ3v) is 7.68. The highest BCUT2D eigenvalue weighted by Gasteiger charge is 2.33. The molecule has 0 bridgehead atoms. The van der Waals surface area contributed by atoms with Crippen LogP contribution in [0.5, 0.6) is 0 Å². The van der Waals surface area contributed by atoms with Crippen LogP contribution in [0.15, 0.2) is 65.6 Å². The third-order valence-electron chi connectivity index (χ3n) is 3.21. The molecule has 0 aliphatic carbocycles. The van der Waals surface area contributed by atoms with Gasteiger partial charge in [0.25, 0.3) is 0 Å². The summed E-state index contributed by atoms with van der Waals surface area (Å²) in [6.45, 7) is 2.26. The van der Waals surface area contributed by atoms with Crippen molar-refractivity contribution in [2.75, 3.05) is 17.8 Å². The highest BCUT2D eigenvalue weighted by molar-refractivity contribution is 8.57. The van der Waals surface area contributed by atoms with Gasteiger partial charge < -0.3 is 4.52 Å². The summed E-state index contributed by atoms with van der Waals surface area (Å²) in [5.74, 6) is 0. The zero-order valence-electron chi connectivity index (χ0n) is 13.7. The van der Waals surface area contributed by atoms with Crippen molar-refractivity contribution >= 4 is 23.8 Å². The lowest BCUT2D eigenvalue weighted by Crippen LogP contribution is -2.21. The minimum atomic E-state index is -3.06. The molecule has 0 aliphatic heterocycles. The standard InChI is InChI=1S/C18H24NO2PS/c1-3-15-19(17-11-7-5-8-12-17)22(20,21-16-4-2)23-18-13-9-6-10-14-18/h5-14H,3-4,15-16H2,1-2H3. The topological polar surface area (TPSA) is 29.5 Å². The summed E-state index contributed by atoms with van der Waals surface area (Å²) < 4.78 is 21.5. The molecule has 1 unspecified atom stereocenters. The third kappa shape index (κ3) is 5.13. The molecular weight excluding hydrogens is 325 g/mol. The van der Waals surface area contributed by atoms with E-state index in [-0.39, 0.29) is 0 Å². The Balaban J connectivity index is 2.35. The van der Waals surface area contributed by atoms with E-state index in [9.17, 15) is 4.57 Å². The minimum Gasteiger partial charge on any atom is -0.305 e. The molecule has 0 heterocycles. The van der Waals surface area contributed by atoms with E-state index in [1.165, 1.54) is 11.4 Å². The second kappa shape index (κ2) is 9.17. The van der Waals surface area contributed by atoms with Crippen LogP contribution >= 0.6 is 18.1 Å². The monoisotopic (exact) mass is 349 g/mol. The Bertz CT molecular complexity index is 621. The first kappa shape index (κ1) is 18.1. The molecule has 0 N–H and O–H groups in total. The Morgan fingerprint density at radius 1 is 0.957 bits per heavy atom. The number of hydrogen-bond donors (Lipinski definition) is 0. The summed E-state index contributed by atoms with van der Waals surface area (Å²) in [4.78, 5) is 0.962. The van der Waals surface area contributed by atoms with Gasteiger partial charge in [-0.2, -0.15) is 0 Å². The van der Waals surface area contributed by atoms with Crippen LogP contribution in [0.1, 0.15) is 26.7 Å². The smallest absolute Gasteiger partial charge is 0.305 e. The molecule has 3 nitrogen and oxygen atoms in total. The summed E-state index contributed by atoms with van der Waals surface area (Å²) in [6.07, 6.45) is 1.75. The van der Waals surface area contributed by atoms with Crippen molar-refractivity contribution in [1.82, 2.24) is 0 Å². The molecule has 0 radical (unpaired) electrons. The Hall–Kier alpha value is -1.22. The van der Waals surface area contributed by atoms with Crippen molar-refractivity contribution in [3.8, 4) is 0 Å². The molecule has 2 rings (SSSR count).